The number of rotatable bonds is 4. The molecule has 1 saturated heterocycles. The smallest absolute Gasteiger partial charge is 0.133 e. The fourth-order valence-corrected chi connectivity index (χ4v) is 3.68. The van der Waals surface area contributed by atoms with Crippen LogP contribution in [0.4, 0.5) is 0 Å². The molecule has 1 N–H and O–H groups in total. The van der Waals surface area contributed by atoms with Crippen molar-refractivity contribution in [3.63, 3.8) is 0 Å². The van der Waals surface area contributed by atoms with E-state index in [-0.39, 0.29) is 0 Å². The first kappa shape index (κ1) is 16.8. The second-order valence-corrected chi connectivity index (χ2v) is 7.21. The zero-order valence-electron chi connectivity index (χ0n) is 13.2. The highest BCUT2D eigenvalue weighted by molar-refractivity contribution is 9.10. The van der Waals surface area contributed by atoms with Gasteiger partial charge in [-0.2, -0.15) is 0 Å². The molecule has 1 aromatic rings. The van der Waals surface area contributed by atoms with Gasteiger partial charge >= 0.3 is 0 Å². The van der Waals surface area contributed by atoms with E-state index in [0.717, 1.165) is 48.1 Å². The van der Waals surface area contributed by atoms with Crippen molar-refractivity contribution in [1.29, 1.82) is 0 Å². The van der Waals surface area contributed by atoms with Gasteiger partial charge in [-0.15, -0.1) is 0 Å². The van der Waals surface area contributed by atoms with Crippen molar-refractivity contribution in [3.05, 3.63) is 28.2 Å². The quantitative estimate of drug-likeness (QED) is 0.894. The van der Waals surface area contributed by atoms with Gasteiger partial charge in [0.2, 0.25) is 0 Å². The zero-order chi connectivity index (χ0) is 15.5. The van der Waals surface area contributed by atoms with Gasteiger partial charge in [-0.1, -0.05) is 6.07 Å². The van der Waals surface area contributed by atoms with Crippen LogP contribution in [0.15, 0.2) is 22.7 Å². The van der Waals surface area contributed by atoms with E-state index in [0.29, 0.717) is 12.5 Å². The third-order valence-corrected chi connectivity index (χ3v) is 5.05. The summed E-state index contributed by atoms with van der Waals surface area (Å²) in [5.41, 5.74) is 0.570. The molecule has 0 bridgehead atoms. The van der Waals surface area contributed by atoms with Gasteiger partial charge in [0.1, 0.15) is 5.75 Å². The minimum Gasteiger partial charge on any atom is -0.496 e. The Morgan fingerprint density at radius 1 is 1.33 bits per heavy atom. The summed E-state index contributed by atoms with van der Waals surface area (Å²) >= 11 is 3.52. The second-order valence-electron chi connectivity index (χ2n) is 6.35. The highest BCUT2D eigenvalue weighted by Gasteiger charge is 2.31. The summed E-state index contributed by atoms with van der Waals surface area (Å²) in [6.45, 7) is 6.52. The third-order valence-electron chi connectivity index (χ3n) is 4.43. The number of ether oxygens (including phenoxy) is 1. The van der Waals surface area contributed by atoms with E-state index in [2.05, 4.69) is 40.7 Å². The van der Waals surface area contributed by atoms with E-state index < -0.39 is 5.60 Å². The number of methoxy groups -OCH3 is 1. The Balaban J connectivity index is 2.05. The number of nitrogens with zero attached hydrogens (tertiary/aromatic N) is 1. The molecule has 21 heavy (non-hydrogen) atoms. The van der Waals surface area contributed by atoms with E-state index >= 15 is 0 Å². The third kappa shape index (κ3) is 4.44. The van der Waals surface area contributed by atoms with Crippen LogP contribution in [-0.2, 0) is 6.42 Å². The van der Waals surface area contributed by atoms with Crippen LogP contribution in [0.1, 0.15) is 38.7 Å². The molecule has 1 heterocycles. The first-order valence-electron chi connectivity index (χ1n) is 7.72. The van der Waals surface area contributed by atoms with Gasteiger partial charge in [0.25, 0.3) is 0 Å². The Morgan fingerprint density at radius 3 is 2.71 bits per heavy atom. The maximum Gasteiger partial charge on any atom is 0.133 e. The normalized spacial score (nSPS) is 24.1. The minimum atomic E-state index is -0.586. The Labute approximate surface area is 136 Å². The van der Waals surface area contributed by atoms with Crippen molar-refractivity contribution in [2.75, 3.05) is 20.2 Å². The number of halogens is 1. The number of hydrogen-bond donors (Lipinski definition) is 1. The number of benzene rings is 1. The molecule has 0 radical (unpaired) electrons. The van der Waals surface area contributed by atoms with Crippen LogP contribution < -0.4 is 4.74 Å². The predicted octanol–water partition coefficient (Wildman–Crippen LogP) is 3.63. The second kappa shape index (κ2) is 7.12. The molecule has 0 aromatic heterocycles. The largest absolute Gasteiger partial charge is 0.496 e. The minimum absolute atomic E-state index is 0.558. The van der Waals surface area contributed by atoms with Gasteiger partial charge in [-0.3, -0.25) is 0 Å². The van der Waals surface area contributed by atoms with Gasteiger partial charge in [0.15, 0.2) is 0 Å². The molecule has 118 valence electrons. The highest BCUT2D eigenvalue weighted by Crippen LogP contribution is 2.31. The molecule has 1 unspecified atom stereocenters. The van der Waals surface area contributed by atoms with Gasteiger partial charge < -0.3 is 14.7 Å². The van der Waals surface area contributed by atoms with Crippen molar-refractivity contribution in [2.24, 2.45) is 0 Å². The van der Waals surface area contributed by atoms with E-state index in [4.69, 9.17) is 4.74 Å². The maximum atomic E-state index is 10.9. The fraction of sp³-hybridized carbons (Fsp3) is 0.647. The van der Waals surface area contributed by atoms with Crippen molar-refractivity contribution < 1.29 is 9.84 Å². The molecule has 4 heteroatoms. The van der Waals surface area contributed by atoms with Crippen molar-refractivity contribution in [3.8, 4) is 5.75 Å². The van der Waals surface area contributed by atoms with E-state index in [1.54, 1.807) is 7.11 Å². The topological polar surface area (TPSA) is 32.7 Å². The van der Waals surface area contributed by atoms with Crippen LogP contribution in [-0.4, -0.2) is 41.8 Å². The van der Waals surface area contributed by atoms with Crippen LogP contribution in [0.25, 0.3) is 0 Å². The average molecular weight is 356 g/mol. The molecule has 1 aliphatic rings. The SMILES string of the molecule is COc1ccc(CC2(O)CCCN(C(C)C)CC2)cc1Br. The van der Waals surface area contributed by atoms with Crippen molar-refractivity contribution in [2.45, 2.75) is 51.2 Å². The molecule has 1 atom stereocenters. The lowest BCUT2D eigenvalue weighted by molar-refractivity contribution is 0.0248. The van der Waals surface area contributed by atoms with Gasteiger partial charge in [-0.05, 0) is 73.3 Å². The maximum absolute atomic E-state index is 10.9. The molecule has 3 nitrogen and oxygen atoms in total. The lowest BCUT2D eigenvalue weighted by Crippen LogP contribution is -2.35. The Kier molecular flexibility index (Phi) is 5.69. The van der Waals surface area contributed by atoms with E-state index in [9.17, 15) is 5.11 Å². The summed E-state index contributed by atoms with van der Waals surface area (Å²) in [5.74, 6) is 0.831. The highest BCUT2D eigenvalue weighted by atomic mass is 79.9. The van der Waals surface area contributed by atoms with Crippen LogP contribution in [0.3, 0.4) is 0 Å². The number of aliphatic hydroxyl groups is 1. The van der Waals surface area contributed by atoms with Crippen LogP contribution in [0, 0.1) is 0 Å². The molecule has 2 rings (SSSR count). The van der Waals surface area contributed by atoms with Crippen molar-refractivity contribution >= 4 is 15.9 Å². The molecule has 0 spiro atoms. The van der Waals surface area contributed by atoms with E-state index in [1.165, 1.54) is 0 Å². The predicted molar refractivity (Wildman–Crippen MR) is 89.9 cm³/mol. The summed E-state index contributed by atoms with van der Waals surface area (Å²) in [7, 11) is 1.67. The average Bonchev–Trinajstić information content (AvgIpc) is 2.61. The molecule has 0 saturated carbocycles. The summed E-state index contributed by atoms with van der Waals surface area (Å²) < 4.78 is 6.21. The lowest BCUT2D eigenvalue weighted by Gasteiger charge is -2.28. The monoisotopic (exact) mass is 355 g/mol. The molecule has 0 aliphatic carbocycles. The zero-order valence-corrected chi connectivity index (χ0v) is 14.8. The first-order chi connectivity index (χ1) is 9.93. The van der Waals surface area contributed by atoms with Gasteiger partial charge in [0.05, 0.1) is 17.2 Å². The summed E-state index contributed by atoms with van der Waals surface area (Å²) in [4.78, 5) is 2.46. The first-order valence-corrected chi connectivity index (χ1v) is 8.52. The molecule has 1 aliphatic heterocycles. The Morgan fingerprint density at radius 2 is 2.10 bits per heavy atom. The number of hydrogen-bond acceptors (Lipinski definition) is 3. The van der Waals surface area contributed by atoms with Crippen molar-refractivity contribution in [1.82, 2.24) is 4.90 Å². The molecule has 1 aromatic carbocycles. The van der Waals surface area contributed by atoms with Crippen LogP contribution in [0.2, 0.25) is 0 Å². The Hall–Kier alpha value is -0.580. The summed E-state index contributed by atoms with van der Waals surface area (Å²) in [5, 5.41) is 10.9. The van der Waals surface area contributed by atoms with Crippen LogP contribution in [0.5, 0.6) is 5.75 Å². The molecular formula is C17H26BrNO2. The molecule has 1 fully saturated rings. The number of likely N-dealkylation sites (tertiary alicyclic amines) is 1. The fourth-order valence-electron chi connectivity index (χ4n) is 3.09. The summed E-state index contributed by atoms with van der Waals surface area (Å²) in [6, 6.07) is 6.62. The summed E-state index contributed by atoms with van der Waals surface area (Å²) in [6.07, 6.45) is 3.49. The van der Waals surface area contributed by atoms with E-state index in [1.807, 2.05) is 12.1 Å². The van der Waals surface area contributed by atoms with Gasteiger partial charge in [-0.25, -0.2) is 0 Å². The standard InChI is InChI=1S/C17H26BrNO2/c1-13(2)19-9-4-7-17(20,8-10-19)12-14-5-6-16(21-3)15(18)11-14/h5-6,11,13,20H,4,7-10,12H2,1-3H3. The van der Waals surface area contributed by atoms with Gasteiger partial charge in [0, 0.05) is 19.0 Å². The van der Waals surface area contributed by atoms with Crippen LogP contribution >= 0.6 is 15.9 Å². The molecule has 0 amide bonds. The molecular weight excluding hydrogens is 330 g/mol. The lowest BCUT2D eigenvalue weighted by atomic mass is 9.88. The Bertz CT molecular complexity index is 478.